The van der Waals surface area contributed by atoms with E-state index in [-0.39, 0.29) is 0 Å². The van der Waals surface area contributed by atoms with Gasteiger partial charge >= 0.3 is 0 Å². The maximum absolute atomic E-state index is 2.20. The first kappa shape index (κ1) is 9.72. The molecule has 0 saturated carbocycles. The van der Waals surface area contributed by atoms with Crippen LogP contribution in [0, 0.1) is 0 Å². The Kier molecular flexibility index (Phi) is 2.99. The van der Waals surface area contributed by atoms with Crippen LogP contribution >= 0.6 is 0 Å². The average molecular weight is 194 g/mol. The fourth-order valence-electron chi connectivity index (χ4n) is 1.64. The van der Waals surface area contributed by atoms with E-state index in [1.165, 1.54) is 16.7 Å². The van der Waals surface area contributed by atoms with Gasteiger partial charge in [-0.2, -0.15) is 0 Å². The van der Waals surface area contributed by atoms with Crippen molar-refractivity contribution in [2.75, 3.05) is 0 Å². The maximum atomic E-state index is 2.20. The zero-order chi connectivity index (χ0) is 10.5. The molecule has 0 nitrogen and oxygen atoms in total. The topological polar surface area (TPSA) is 0 Å². The van der Waals surface area contributed by atoms with Crippen LogP contribution in [0.2, 0.25) is 0 Å². The van der Waals surface area contributed by atoms with Gasteiger partial charge in [0.05, 0.1) is 0 Å². The molecule has 74 valence electrons. The first-order valence-electron chi connectivity index (χ1n) is 5.18. The number of rotatable bonds is 2. The highest BCUT2D eigenvalue weighted by Crippen LogP contribution is 2.20. The Morgan fingerprint density at radius 3 is 2.27 bits per heavy atom. The van der Waals surface area contributed by atoms with E-state index in [1.807, 2.05) is 13.0 Å². The summed E-state index contributed by atoms with van der Waals surface area (Å²) in [5, 5.41) is 0. The summed E-state index contributed by atoms with van der Waals surface area (Å²) in [6.45, 7) is 2.04. The van der Waals surface area contributed by atoms with Crippen LogP contribution in [-0.4, -0.2) is 0 Å². The normalized spacial score (nSPS) is 10.7. The van der Waals surface area contributed by atoms with Crippen molar-refractivity contribution in [1.29, 1.82) is 0 Å². The first-order valence-corrected chi connectivity index (χ1v) is 5.18. The van der Waals surface area contributed by atoms with E-state index in [1.54, 1.807) is 0 Å². The third kappa shape index (κ3) is 2.35. The maximum Gasteiger partial charge on any atom is -0.0178 e. The van der Waals surface area contributed by atoms with E-state index in [0.29, 0.717) is 0 Å². The number of allylic oxidation sites excluding steroid dienone is 1. The summed E-state index contributed by atoms with van der Waals surface area (Å²) in [6, 6.07) is 19.0. The quantitative estimate of drug-likeness (QED) is 0.665. The third-order valence-electron chi connectivity index (χ3n) is 2.35. The van der Waals surface area contributed by atoms with Gasteiger partial charge < -0.3 is 0 Å². The van der Waals surface area contributed by atoms with E-state index in [4.69, 9.17) is 0 Å². The monoisotopic (exact) mass is 194 g/mol. The molecule has 2 rings (SSSR count). The Morgan fingerprint density at radius 2 is 1.53 bits per heavy atom. The van der Waals surface area contributed by atoms with Crippen molar-refractivity contribution in [2.45, 2.75) is 6.92 Å². The Hall–Kier alpha value is -1.82. The zero-order valence-corrected chi connectivity index (χ0v) is 8.85. The van der Waals surface area contributed by atoms with E-state index in [0.717, 1.165) is 0 Å². The fourth-order valence-corrected chi connectivity index (χ4v) is 1.64. The standard InChI is InChI=1S/C15H14/c1-2-7-13-8-6-11-15(12-13)14-9-4-3-5-10-14/h2-12H,1H3. The van der Waals surface area contributed by atoms with Crippen LogP contribution in [0.25, 0.3) is 17.2 Å². The summed E-state index contributed by atoms with van der Waals surface area (Å²) in [4.78, 5) is 0. The molecule has 2 aromatic carbocycles. The predicted molar refractivity (Wildman–Crippen MR) is 66.6 cm³/mol. The van der Waals surface area contributed by atoms with Gasteiger partial charge in [-0.25, -0.2) is 0 Å². The molecule has 0 aliphatic heterocycles. The summed E-state index contributed by atoms with van der Waals surface area (Å²) >= 11 is 0. The van der Waals surface area contributed by atoms with Gasteiger partial charge in [0, 0.05) is 0 Å². The molecular formula is C15H14. The lowest BCUT2D eigenvalue weighted by Crippen LogP contribution is -1.78. The van der Waals surface area contributed by atoms with Crippen LogP contribution in [0.1, 0.15) is 12.5 Å². The van der Waals surface area contributed by atoms with Crippen molar-refractivity contribution in [3.05, 3.63) is 66.2 Å². The van der Waals surface area contributed by atoms with Gasteiger partial charge in [0.25, 0.3) is 0 Å². The van der Waals surface area contributed by atoms with Crippen LogP contribution < -0.4 is 0 Å². The molecular weight excluding hydrogens is 180 g/mol. The Morgan fingerprint density at radius 1 is 0.800 bits per heavy atom. The first-order chi connectivity index (χ1) is 7.40. The van der Waals surface area contributed by atoms with Gasteiger partial charge in [-0.15, -0.1) is 0 Å². The van der Waals surface area contributed by atoms with Crippen molar-refractivity contribution in [3.63, 3.8) is 0 Å². The molecule has 0 aliphatic carbocycles. The highest BCUT2D eigenvalue weighted by Gasteiger charge is 1.95. The van der Waals surface area contributed by atoms with E-state index in [9.17, 15) is 0 Å². The number of hydrogen-bond acceptors (Lipinski definition) is 0. The van der Waals surface area contributed by atoms with E-state index < -0.39 is 0 Å². The highest BCUT2D eigenvalue weighted by molar-refractivity contribution is 5.67. The van der Waals surface area contributed by atoms with E-state index in [2.05, 4.69) is 60.7 Å². The second-order valence-electron chi connectivity index (χ2n) is 3.49. The van der Waals surface area contributed by atoms with Crippen LogP contribution in [0.5, 0.6) is 0 Å². The van der Waals surface area contributed by atoms with Crippen molar-refractivity contribution >= 4 is 6.08 Å². The van der Waals surface area contributed by atoms with Crippen LogP contribution in [0.15, 0.2) is 60.7 Å². The predicted octanol–water partition coefficient (Wildman–Crippen LogP) is 4.39. The van der Waals surface area contributed by atoms with Gasteiger partial charge in [0.1, 0.15) is 0 Å². The Labute approximate surface area is 90.9 Å². The molecule has 0 radical (unpaired) electrons. The van der Waals surface area contributed by atoms with Crippen LogP contribution in [0.3, 0.4) is 0 Å². The summed E-state index contributed by atoms with van der Waals surface area (Å²) < 4.78 is 0. The SMILES string of the molecule is CC=Cc1cccc(-c2ccccc2)c1. The lowest BCUT2D eigenvalue weighted by molar-refractivity contribution is 1.59. The molecule has 0 amide bonds. The molecule has 0 atom stereocenters. The molecule has 0 aliphatic rings. The second kappa shape index (κ2) is 4.61. The van der Waals surface area contributed by atoms with Gasteiger partial charge in [-0.1, -0.05) is 60.7 Å². The molecule has 0 bridgehead atoms. The van der Waals surface area contributed by atoms with Crippen molar-refractivity contribution in [2.24, 2.45) is 0 Å². The van der Waals surface area contributed by atoms with Crippen molar-refractivity contribution in [1.82, 2.24) is 0 Å². The molecule has 0 aromatic heterocycles. The molecule has 0 spiro atoms. The lowest BCUT2D eigenvalue weighted by Gasteiger charge is -2.02. The van der Waals surface area contributed by atoms with Gasteiger partial charge in [0.2, 0.25) is 0 Å². The highest BCUT2D eigenvalue weighted by atomic mass is 14.0. The smallest absolute Gasteiger partial charge is 0.0178 e. The number of benzene rings is 2. The Bertz CT molecular complexity index is 452. The van der Waals surface area contributed by atoms with E-state index >= 15 is 0 Å². The molecule has 0 heterocycles. The molecule has 0 fully saturated rings. The largest absolute Gasteiger partial charge is 0.0871 e. The van der Waals surface area contributed by atoms with Crippen LogP contribution in [-0.2, 0) is 0 Å². The fraction of sp³-hybridized carbons (Fsp3) is 0.0667. The van der Waals surface area contributed by atoms with Crippen molar-refractivity contribution in [3.8, 4) is 11.1 Å². The molecule has 0 N–H and O–H groups in total. The molecule has 0 heteroatoms. The van der Waals surface area contributed by atoms with Gasteiger partial charge in [0.15, 0.2) is 0 Å². The minimum atomic E-state index is 1.25. The zero-order valence-electron chi connectivity index (χ0n) is 8.85. The Balaban J connectivity index is 2.41. The van der Waals surface area contributed by atoms with Gasteiger partial charge in [-0.05, 0) is 29.7 Å². The third-order valence-corrected chi connectivity index (χ3v) is 2.35. The summed E-state index contributed by atoms with van der Waals surface area (Å²) in [5.74, 6) is 0. The van der Waals surface area contributed by atoms with Crippen LogP contribution in [0.4, 0.5) is 0 Å². The number of hydrogen-bond donors (Lipinski definition) is 0. The lowest BCUT2D eigenvalue weighted by atomic mass is 10.0. The van der Waals surface area contributed by atoms with Gasteiger partial charge in [-0.3, -0.25) is 0 Å². The summed E-state index contributed by atoms with van der Waals surface area (Å²) in [5.41, 5.74) is 3.79. The van der Waals surface area contributed by atoms with Crippen molar-refractivity contribution < 1.29 is 0 Å². The molecule has 15 heavy (non-hydrogen) atoms. The summed E-state index contributed by atoms with van der Waals surface area (Å²) in [7, 11) is 0. The minimum Gasteiger partial charge on any atom is -0.0871 e. The minimum absolute atomic E-state index is 1.25. The summed E-state index contributed by atoms with van der Waals surface area (Å²) in [6.07, 6.45) is 4.18. The molecule has 2 aromatic rings. The molecule has 0 unspecified atom stereocenters. The second-order valence-corrected chi connectivity index (χ2v) is 3.49. The average Bonchev–Trinajstić information content (AvgIpc) is 2.31. The molecule has 0 saturated heterocycles.